The molecule has 0 aromatic carbocycles. The van der Waals surface area contributed by atoms with Crippen LogP contribution in [0.5, 0.6) is 0 Å². The third-order valence-electron chi connectivity index (χ3n) is 2.61. The summed E-state index contributed by atoms with van der Waals surface area (Å²) in [6.45, 7) is 6.88. The summed E-state index contributed by atoms with van der Waals surface area (Å²) in [5.74, 6) is 2.12. The van der Waals surface area contributed by atoms with Gasteiger partial charge < -0.3 is 10.2 Å². The van der Waals surface area contributed by atoms with E-state index in [1.807, 2.05) is 13.8 Å². The lowest BCUT2D eigenvalue weighted by molar-refractivity contribution is -0.145. The molecule has 92 valence electrons. The van der Waals surface area contributed by atoms with Gasteiger partial charge in [0.25, 0.3) is 0 Å². The van der Waals surface area contributed by atoms with Gasteiger partial charge in [-0.25, -0.2) is 0 Å². The van der Waals surface area contributed by atoms with Crippen molar-refractivity contribution in [3.05, 3.63) is 0 Å². The van der Waals surface area contributed by atoms with Gasteiger partial charge in [0.2, 0.25) is 11.8 Å². The van der Waals surface area contributed by atoms with E-state index in [0.717, 1.165) is 11.5 Å². The lowest BCUT2D eigenvalue weighted by Gasteiger charge is -2.34. The zero-order chi connectivity index (χ0) is 12.1. The number of nitrogens with zero attached hydrogens (tertiary/aromatic N) is 1. The summed E-state index contributed by atoms with van der Waals surface area (Å²) in [5, 5.41) is 2.75. The van der Waals surface area contributed by atoms with Gasteiger partial charge in [-0.3, -0.25) is 9.59 Å². The highest BCUT2D eigenvalue weighted by Gasteiger charge is 2.33. The molecule has 0 spiro atoms. The molecule has 1 N–H and O–H groups in total. The van der Waals surface area contributed by atoms with Gasteiger partial charge in [0, 0.05) is 12.3 Å². The van der Waals surface area contributed by atoms with E-state index in [1.165, 1.54) is 0 Å². The molecule has 1 atom stereocenters. The Labute approximate surface area is 101 Å². The predicted octanol–water partition coefficient (Wildman–Crippen LogP) is 0.722. The van der Waals surface area contributed by atoms with Gasteiger partial charge in [0.1, 0.15) is 6.04 Å². The molecule has 0 bridgehead atoms. The molecule has 16 heavy (non-hydrogen) atoms. The minimum atomic E-state index is -0.340. The van der Waals surface area contributed by atoms with Crippen LogP contribution in [0.4, 0.5) is 0 Å². The van der Waals surface area contributed by atoms with Crippen molar-refractivity contribution in [2.24, 2.45) is 5.92 Å². The number of nitrogens with one attached hydrogen (secondary N) is 1. The SMILES string of the molecule is CCSCCN1CC(=O)NC(C(C)C)C1=O. The molecule has 1 fully saturated rings. The maximum absolute atomic E-state index is 12.0. The van der Waals surface area contributed by atoms with Crippen LogP contribution in [0, 0.1) is 5.92 Å². The highest BCUT2D eigenvalue weighted by molar-refractivity contribution is 7.99. The maximum atomic E-state index is 12.0. The van der Waals surface area contributed by atoms with Crippen LogP contribution in [0.1, 0.15) is 20.8 Å². The first-order valence-electron chi connectivity index (χ1n) is 5.72. The molecule has 0 saturated carbocycles. The Morgan fingerprint density at radius 3 is 2.75 bits per heavy atom. The van der Waals surface area contributed by atoms with E-state index >= 15 is 0 Å². The second kappa shape index (κ2) is 6.13. The summed E-state index contributed by atoms with van der Waals surface area (Å²) in [6, 6.07) is -0.340. The molecule has 0 aromatic rings. The minimum absolute atomic E-state index is 0.0419. The van der Waals surface area contributed by atoms with E-state index < -0.39 is 0 Å². The number of thioether (sulfide) groups is 1. The number of carbonyl (C=O) groups excluding carboxylic acids is 2. The average Bonchev–Trinajstić information content (AvgIpc) is 2.22. The van der Waals surface area contributed by atoms with E-state index in [9.17, 15) is 9.59 Å². The fraction of sp³-hybridized carbons (Fsp3) is 0.818. The fourth-order valence-electron chi connectivity index (χ4n) is 1.69. The molecule has 1 rings (SSSR count). The van der Waals surface area contributed by atoms with Crippen LogP contribution >= 0.6 is 11.8 Å². The summed E-state index contributed by atoms with van der Waals surface area (Å²) < 4.78 is 0. The van der Waals surface area contributed by atoms with Crippen molar-refractivity contribution < 1.29 is 9.59 Å². The molecule has 1 aliphatic rings. The molecule has 1 unspecified atom stereocenters. The molecule has 0 radical (unpaired) electrons. The molecule has 2 amide bonds. The summed E-state index contributed by atoms with van der Waals surface area (Å²) in [5.41, 5.74) is 0. The monoisotopic (exact) mass is 244 g/mol. The van der Waals surface area contributed by atoms with E-state index in [4.69, 9.17) is 0 Å². The van der Waals surface area contributed by atoms with Crippen LogP contribution in [0.15, 0.2) is 0 Å². The van der Waals surface area contributed by atoms with Crippen molar-refractivity contribution in [1.29, 1.82) is 0 Å². The Bertz CT molecular complexity index is 269. The molecule has 0 aromatic heterocycles. The number of hydrogen-bond acceptors (Lipinski definition) is 3. The van der Waals surface area contributed by atoms with Gasteiger partial charge in [-0.05, 0) is 11.7 Å². The number of amides is 2. The van der Waals surface area contributed by atoms with E-state index in [1.54, 1.807) is 16.7 Å². The van der Waals surface area contributed by atoms with Crippen LogP contribution < -0.4 is 5.32 Å². The van der Waals surface area contributed by atoms with Gasteiger partial charge in [0.15, 0.2) is 0 Å². The predicted molar refractivity (Wildman–Crippen MR) is 66.3 cm³/mol. The third-order valence-corrected chi connectivity index (χ3v) is 3.48. The standard InChI is InChI=1S/C11H20N2O2S/c1-4-16-6-5-13-7-9(14)12-10(8(2)3)11(13)15/h8,10H,4-7H2,1-3H3,(H,12,14). The van der Waals surface area contributed by atoms with Crippen molar-refractivity contribution in [3.63, 3.8) is 0 Å². The van der Waals surface area contributed by atoms with E-state index in [2.05, 4.69) is 12.2 Å². The van der Waals surface area contributed by atoms with Crippen LogP contribution in [-0.2, 0) is 9.59 Å². The van der Waals surface area contributed by atoms with Crippen molar-refractivity contribution in [3.8, 4) is 0 Å². The van der Waals surface area contributed by atoms with Crippen LogP contribution in [0.25, 0.3) is 0 Å². The first kappa shape index (κ1) is 13.4. The second-order valence-corrected chi connectivity index (χ2v) is 5.64. The third kappa shape index (κ3) is 3.40. The zero-order valence-electron chi connectivity index (χ0n) is 10.2. The van der Waals surface area contributed by atoms with Gasteiger partial charge in [-0.2, -0.15) is 11.8 Å². The number of hydrogen-bond donors (Lipinski definition) is 1. The molecule has 5 heteroatoms. The lowest BCUT2D eigenvalue weighted by Crippen LogP contribution is -2.60. The number of piperazine rings is 1. The largest absolute Gasteiger partial charge is 0.343 e. The average molecular weight is 244 g/mol. The Hall–Kier alpha value is -0.710. The Morgan fingerprint density at radius 1 is 1.50 bits per heavy atom. The van der Waals surface area contributed by atoms with E-state index in [-0.39, 0.29) is 30.3 Å². The fourth-order valence-corrected chi connectivity index (χ4v) is 2.33. The summed E-state index contributed by atoms with van der Waals surface area (Å²) in [6.07, 6.45) is 0. The minimum Gasteiger partial charge on any atom is -0.343 e. The Morgan fingerprint density at radius 2 is 2.19 bits per heavy atom. The first-order chi connectivity index (χ1) is 7.56. The molecule has 0 aliphatic carbocycles. The highest BCUT2D eigenvalue weighted by Crippen LogP contribution is 2.11. The van der Waals surface area contributed by atoms with Crippen molar-refractivity contribution in [2.75, 3.05) is 24.6 Å². The Balaban J connectivity index is 2.55. The van der Waals surface area contributed by atoms with Gasteiger partial charge in [-0.1, -0.05) is 20.8 Å². The highest BCUT2D eigenvalue weighted by atomic mass is 32.2. The summed E-state index contributed by atoms with van der Waals surface area (Å²) >= 11 is 1.79. The quantitative estimate of drug-likeness (QED) is 0.725. The summed E-state index contributed by atoms with van der Waals surface area (Å²) in [4.78, 5) is 25.1. The second-order valence-electron chi connectivity index (χ2n) is 4.25. The molecule has 1 heterocycles. The molecule has 1 saturated heterocycles. The zero-order valence-corrected chi connectivity index (χ0v) is 11.0. The number of rotatable bonds is 5. The Kier molecular flexibility index (Phi) is 5.12. The molecule has 1 aliphatic heterocycles. The molecule has 4 nitrogen and oxygen atoms in total. The first-order valence-corrected chi connectivity index (χ1v) is 6.87. The number of carbonyl (C=O) groups is 2. The van der Waals surface area contributed by atoms with Crippen molar-refractivity contribution in [1.82, 2.24) is 10.2 Å². The van der Waals surface area contributed by atoms with Crippen molar-refractivity contribution >= 4 is 23.6 Å². The molecular formula is C11H20N2O2S. The molecular weight excluding hydrogens is 224 g/mol. The smallest absolute Gasteiger partial charge is 0.245 e. The van der Waals surface area contributed by atoms with Crippen LogP contribution in [0.2, 0.25) is 0 Å². The maximum Gasteiger partial charge on any atom is 0.245 e. The van der Waals surface area contributed by atoms with Crippen LogP contribution in [0.3, 0.4) is 0 Å². The van der Waals surface area contributed by atoms with E-state index in [0.29, 0.717) is 6.54 Å². The normalized spacial score (nSPS) is 21.5. The van der Waals surface area contributed by atoms with Gasteiger partial charge in [-0.15, -0.1) is 0 Å². The van der Waals surface area contributed by atoms with Crippen molar-refractivity contribution in [2.45, 2.75) is 26.8 Å². The van der Waals surface area contributed by atoms with Crippen LogP contribution in [-0.4, -0.2) is 47.4 Å². The van der Waals surface area contributed by atoms with Gasteiger partial charge >= 0.3 is 0 Å². The lowest BCUT2D eigenvalue weighted by atomic mass is 10.0. The van der Waals surface area contributed by atoms with Gasteiger partial charge in [0.05, 0.1) is 6.54 Å². The topological polar surface area (TPSA) is 49.4 Å². The summed E-state index contributed by atoms with van der Waals surface area (Å²) in [7, 11) is 0.